The van der Waals surface area contributed by atoms with Crippen LogP contribution in [-0.2, 0) is 13.0 Å². The fraction of sp³-hybridized carbons (Fsp3) is 0.353. The summed E-state index contributed by atoms with van der Waals surface area (Å²) in [6, 6.07) is 12.2. The summed E-state index contributed by atoms with van der Waals surface area (Å²) in [5, 5.41) is 25.5. The van der Waals surface area contributed by atoms with Crippen LogP contribution in [0.25, 0.3) is 5.65 Å². The normalized spacial score (nSPS) is 16.0. The van der Waals surface area contributed by atoms with Crippen LogP contribution < -0.4 is 5.32 Å². The summed E-state index contributed by atoms with van der Waals surface area (Å²) >= 11 is 0. The lowest BCUT2D eigenvalue weighted by Gasteiger charge is -2.30. The van der Waals surface area contributed by atoms with Gasteiger partial charge < -0.3 is 10.4 Å². The van der Waals surface area contributed by atoms with Gasteiger partial charge in [-0.05, 0) is 29.7 Å². The zero-order valence-corrected chi connectivity index (χ0v) is 13.3. The van der Waals surface area contributed by atoms with Crippen molar-refractivity contribution in [1.82, 2.24) is 24.7 Å². The van der Waals surface area contributed by atoms with Crippen molar-refractivity contribution < 1.29 is 5.11 Å². The summed E-state index contributed by atoms with van der Waals surface area (Å²) in [6.45, 7) is 2.99. The zero-order chi connectivity index (χ0) is 16.4. The number of β-amino-alcohol motifs (C(OH)–C–C–N with tert-alkyl or cyclic N) is 1. The van der Waals surface area contributed by atoms with Crippen LogP contribution in [0.3, 0.4) is 0 Å². The molecule has 7 nitrogen and oxygen atoms in total. The molecule has 1 atom stereocenters. The van der Waals surface area contributed by atoms with E-state index < -0.39 is 6.10 Å². The molecule has 1 unspecified atom stereocenters. The Morgan fingerprint density at radius 2 is 2.04 bits per heavy atom. The first-order valence-corrected chi connectivity index (χ1v) is 8.16. The second-order valence-electron chi connectivity index (χ2n) is 6.14. The van der Waals surface area contributed by atoms with E-state index in [2.05, 4.69) is 49.8 Å². The number of hydrogen-bond donors (Lipinski definition) is 2. The first kappa shape index (κ1) is 15.0. The number of aromatic nitrogens is 4. The van der Waals surface area contributed by atoms with Gasteiger partial charge >= 0.3 is 0 Å². The van der Waals surface area contributed by atoms with Gasteiger partial charge in [-0.3, -0.25) is 4.90 Å². The van der Waals surface area contributed by atoms with Gasteiger partial charge in [-0.1, -0.05) is 24.3 Å². The summed E-state index contributed by atoms with van der Waals surface area (Å²) in [4.78, 5) is 2.30. The molecule has 0 saturated carbocycles. The van der Waals surface area contributed by atoms with Crippen LogP contribution in [0.2, 0.25) is 0 Å². The molecule has 1 aromatic carbocycles. The number of benzene rings is 1. The van der Waals surface area contributed by atoms with Gasteiger partial charge in [0.2, 0.25) is 0 Å². The minimum absolute atomic E-state index is 0.450. The maximum atomic E-state index is 10.3. The number of anilines is 1. The van der Waals surface area contributed by atoms with E-state index in [-0.39, 0.29) is 0 Å². The zero-order valence-electron chi connectivity index (χ0n) is 13.3. The molecule has 0 bridgehead atoms. The molecule has 0 amide bonds. The molecule has 3 aromatic rings. The Morgan fingerprint density at radius 1 is 1.17 bits per heavy atom. The predicted octanol–water partition coefficient (Wildman–Crippen LogP) is 0.955. The number of hydrogen-bond acceptors (Lipinski definition) is 6. The highest BCUT2D eigenvalue weighted by molar-refractivity contribution is 5.42. The molecule has 4 rings (SSSR count). The first-order chi connectivity index (χ1) is 11.8. The molecule has 0 radical (unpaired) electrons. The Hall–Kier alpha value is -2.51. The van der Waals surface area contributed by atoms with Gasteiger partial charge in [-0.2, -0.15) is 4.52 Å². The van der Waals surface area contributed by atoms with Gasteiger partial charge in [0, 0.05) is 26.2 Å². The summed E-state index contributed by atoms with van der Waals surface area (Å²) < 4.78 is 1.61. The molecular formula is C17H20N6O. The maximum absolute atomic E-state index is 10.3. The van der Waals surface area contributed by atoms with Crippen molar-refractivity contribution in [2.75, 3.05) is 25.0 Å². The minimum atomic E-state index is -0.450. The van der Waals surface area contributed by atoms with E-state index in [1.165, 1.54) is 11.1 Å². The largest absolute Gasteiger partial charge is 0.390 e. The van der Waals surface area contributed by atoms with Crippen molar-refractivity contribution >= 4 is 11.5 Å². The van der Waals surface area contributed by atoms with E-state index >= 15 is 0 Å². The van der Waals surface area contributed by atoms with Crippen molar-refractivity contribution in [3.63, 3.8) is 0 Å². The number of aliphatic hydroxyl groups is 1. The average Bonchev–Trinajstić information content (AvgIpc) is 3.07. The molecule has 1 aliphatic rings. The Morgan fingerprint density at radius 3 is 2.96 bits per heavy atom. The molecule has 7 heteroatoms. The lowest BCUT2D eigenvalue weighted by atomic mass is 10.00. The van der Waals surface area contributed by atoms with E-state index in [1.807, 2.05) is 12.1 Å². The Bertz CT molecular complexity index is 833. The Kier molecular flexibility index (Phi) is 4.10. The van der Waals surface area contributed by atoms with E-state index in [0.29, 0.717) is 24.6 Å². The topological polar surface area (TPSA) is 78.6 Å². The standard InChI is InChI=1S/C17H20N6O/c24-15(9-18-16-5-6-17-20-19-12-23(17)21-16)11-22-8-7-13-3-1-2-4-14(13)10-22/h1-6,12,15,24H,7-11H2,(H,18,21). The quantitative estimate of drug-likeness (QED) is 0.728. The highest BCUT2D eigenvalue weighted by Crippen LogP contribution is 2.18. The number of rotatable bonds is 5. The monoisotopic (exact) mass is 324 g/mol. The van der Waals surface area contributed by atoms with E-state index in [1.54, 1.807) is 10.8 Å². The van der Waals surface area contributed by atoms with Gasteiger partial charge in [0.1, 0.15) is 12.1 Å². The highest BCUT2D eigenvalue weighted by Gasteiger charge is 2.18. The van der Waals surface area contributed by atoms with Gasteiger partial charge in [0.25, 0.3) is 0 Å². The fourth-order valence-electron chi connectivity index (χ4n) is 3.12. The molecule has 0 fully saturated rings. The summed E-state index contributed by atoms with van der Waals surface area (Å²) in [7, 11) is 0. The fourth-order valence-corrected chi connectivity index (χ4v) is 3.12. The van der Waals surface area contributed by atoms with Gasteiger partial charge in [-0.25, -0.2) is 0 Å². The predicted molar refractivity (Wildman–Crippen MR) is 90.7 cm³/mol. The SMILES string of the molecule is OC(CNc1ccc2nncn2n1)CN1CCc2ccccc2C1. The molecule has 0 aliphatic carbocycles. The molecule has 2 N–H and O–H groups in total. The minimum Gasteiger partial charge on any atom is -0.390 e. The summed E-state index contributed by atoms with van der Waals surface area (Å²) in [5.41, 5.74) is 3.49. The van der Waals surface area contributed by atoms with Crippen LogP contribution in [0.5, 0.6) is 0 Å². The van der Waals surface area contributed by atoms with Crippen molar-refractivity contribution in [2.45, 2.75) is 19.1 Å². The third-order valence-electron chi connectivity index (χ3n) is 4.36. The van der Waals surface area contributed by atoms with Crippen LogP contribution in [0.4, 0.5) is 5.82 Å². The van der Waals surface area contributed by atoms with E-state index in [4.69, 9.17) is 0 Å². The molecule has 24 heavy (non-hydrogen) atoms. The maximum Gasteiger partial charge on any atom is 0.177 e. The van der Waals surface area contributed by atoms with E-state index in [0.717, 1.165) is 19.5 Å². The van der Waals surface area contributed by atoms with Crippen LogP contribution >= 0.6 is 0 Å². The summed E-state index contributed by atoms with van der Waals surface area (Å²) in [5.74, 6) is 0.699. The third-order valence-corrected chi connectivity index (χ3v) is 4.36. The van der Waals surface area contributed by atoms with Crippen molar-refractivity contribution in [3.05, 3.63) is 53.9 Å². The van der Waals surface area contributed by atoms with Crippen molar-refractivity contribution in [3.8, 4) is 0 Å². The highest BCUT2D eigenvalue weighted by atomic mass is 16.3. The average molecular weight is 324 g/mol. The van der Waals surface area contributed by atoms with Gasteiger partial charge in [0.05, 0.1) is 6.10 Å². The lowest BCUT2D eigenvalue weighted by Crippen LogP contribution is -2.39. The van der Waals surface area contributed by atoms with Crippen LogP contribution in [-0.4, -0.2) is 55.6 Å². The number of nitrogens with zero attached hydrogens (tertiary/aromatic N) is 5. The molecule has 0 saturated heterocycles. The molecule has 3 heterocycles. The first-order valence-electron chi connectivity index (χ1n) is 8.16. The number of fused-ring (bicyclic) bond motifs is 2. The molecule has 1 aliphatic heterocycles. The van der Waals surface area contributed by atoms with Crippen molar-refractivity contribution in [1.29, 1.82) is 0 Å². The van der Waals surface area contributed by atoms with Gasteiger partial charge in [-0.15, -0.1) is 15.3 Å². The molecule has 124 valence electrons. The molecule has 2 aromatic heterocycles. The van der Waals surface area contributed by atoms with Crippen LogP contribution in [0, 0.1) is 0 Å². The molecule has 0 spiro atoms. The van der Waals surface area contributed by atoms with Gasteiger partial charge in [0.15, 0.2) is 5.65 Å². The van der Waals surface area contributed by atoms with Crippen molar-refractivity contribution in [2.24, 2.45) is 0 Å². The summed E-state index contributed by atoms with van der Waals surface area (Å²) in [6.07, 6.45) is 2.15. The van der Waals surface area contributed by atoms with E-state index in [9.17, 15) is 5.11 Å². The van der Waals surface area contributed by atoms with Crippen LogP contribution in [0.1, 0.15) is 11.1 Å². The lowest BCUT2D eigenvalue weighted by molar-refractivity contribution is 0.114. The van der Waals surface area contributed by atoms with Crippen LogP contribution in [0.15, 0.2) is 42.7 Å². The number of aliphatic hydroxyl groups excluding tert-OH is 1. The Labute approximate surface area is 139 Å². The second kappa shape index (κ2) is 6.54. The third kappa shape index (κ3) is 3.22. The molecular weight excluding hydrogens is 304 g/mol. The Balaban J connectivity index is 1.31. The smallest absolute Gasteiger partial charge is 0.177 e. The second-order valence-corrected chi connectivity index (χ2v) is 6.14. The number of nitrogens with one attached hydrogen (secondary N) is 1.